The molecule has 1 unspecified atom stereocenters. The Balaban J connectivity index is 1.64. The second-order valence-electron chi connectivity index (χ2n) is 11.8. The Bertz CT molecular complexity index is 1170. The Morgan fingerprint density at radius 3 is 2.68 bits per heavy atom. The highest BCUT2D eigenvalue weighted by molar-refractivity contribution is 6.42. The molecular weight excluding hydrogens is 519 g/mol. The zero-order chi connectivity index (χ0) is 27.6. The monoisotopic (exact) mass is 559 g/mol. The normalized spacial score (nSPS) is 29.1. The van der Waals surface area contributed by atoms with Crippen LogP contribution in [0.5, 0.6) is 5.75 Å². The van der Waals surface area contributed by atoms with E-state index in [1.165, 1.54) is 0 Å². The number of methoxy groups -OCH3 is 1. The summed E-state index contributed by atoms with van der Waals surface area (Å²) in [4.78, 5) is 13.1. The van der Waals surface area contributed by atoms with Crippen LogP contribution in [0.25, 0.3) is 0 Å². The summed E-state index contributed by atoms with van der Waals surface area (Å²) >= 11 is 12.2. The van der Waals surface area contributed by atoms with Crippen molar-refractivity contribution in [2.24, 2.45) is 5.92 Å². The summed E-state index contributed by atoms with van der Waals surface area (Å²) in [5.74, 6) is 0.776. The molecule has 2 aromatic carbocycles. The fraction of sp³-hybridized carbons (Fsp3) is 0.516. The number of aromatic hydroxyl groups is 1. The third kappa shape index (κ3) is 5.77. The number of hydrogen-bond acceptors (Lipinski definition) is 3. The summed E-state index contributed by atoms with van der Waals surface area (Å²) in [5, 5.41) is 14.7. The number of carbonyl (C=O) groups is 1. The molecule has 0 bridgehead atoms. The van der Waals surface area contributed by atoms with E-state index in [2.05, 4.69) is 31.8 Å². The van der Waals surface area contributed by atoms with Crippen molar-refractivity contribution in [2.45, 2.75) is 63.0 Å². The van der Waals surface area contributed by atoms with Crippen molar-refractivity contribution in [3.8, 4) is 5.75 Å². The quantitative estimate of drug-likeness (QED) is 0.280. The number of fused-ring (bicyclic) bond motifs is 1. The zero-order valence-corrected chi connectivity index (χ0v) is 24.3. The molecule has 2 fully saturated rings. The molecule has 206 valence electrons. The van der Waals surface area contributed by atoms with E-state index in [9.17, 15) is 9.90 Å². The number of halogens is 2. The maximum Gasteiger partial charge on any atom is 0.224 e. The Kier molecular flexibility index (Phi) is 8.83. The van der Waals surface area contributed by atoms with E-state index in [0.717, 1.165) is 67.5 Å². The van der Waals surface area contributed by atoms with Crippen molar-refractivity contribution in [1.29, 1.82) is 0 Å². The number of quaternary nitrogens is 1. The van der Waals surface area contributed by atoms with E-state index in [-0.39, 0.29) is 29.5 Å². The number of carbonyl (C=O) groups excluding carboxylic acids is 1. The number of piperidine rings is 1. The van der Waals surface area contributed by atoms with E-state index >= 15 is 0 Å². The maximum absolute atomic E-state index is 13.1. The van der Waals surface area contributed by atoms with Crippen LogP contribution in [0, 0.1) is 5.92 Å². The van der Waals surface area contributed by atoms with Crippen molar-refractivity contribution in [3.63, 3.8) is 0 Å². The fourth-order valence-corrected chi connectivity index (χ4v) is 7.65. The second-order valence-corrected chi connectivity index (χ2v) is 12.6. The van der Waals surface area contributed by atoms with Gasteiger partial charge in [0.2, 0.25) is 5.91 Å². The lowest BCUT2D eigenvalue weighted by atomic mass is 9.54. The average molecular weight is 561 g/mol. The van der Waals surface area contributed by atoms with Gasteiger partial charge in [0.25, 0.3) is 0 Å². The zero-order valence-electron chi connectivity index (χ0n) is 22.8. The third-order valence-electron chi connectivity index (χ3n) is 8.74. The van der Waals surface area contributed by atoms with Crippen LogP contribution in [0.1, 0.15) is 50.7 Å². The Morgan fingerprint density at radius 1 is 1.24 bits per heavy atom. The number of rotatable bonds is 9. The number of phenolic OH excluding ortho intramolecular Hbond substituents is 1. The highest BCUT2D eigenvalue weighted by atomic mass is 35.5. The van der Waals surface area contributed by atoms with Gasteiger partial charge in [-0.3, -0.25) is 4.79 Å². The molecule has 0 radical (unpaired) electrons. The first kappa shape index (κ1) is 28.9. The highest BCUT2D eigenvalue weighted by Gasteiger charge is 2.63. The first-order chi connectivity index (χ1) is 18.1. The molecule has 1 saturated carbocycles. The minimum atomic E-state index is -0.415. The van der Waals surface area contributed by atoms with Gasteiger partial charge in [0, 0.05) is 30.9 Å². The molecule has 1 saturated heterocycles. The number of amides is 1. The molecule has 0 aromatic heterocycles. The van der Waals surface area contributed by atoms with Crippen LogP contribution in [0.2, 0.25) is 10.0 Å². The number of phenols is 1. The highest BCUT2D eigenvalue weighted by Crippen LogP contribution is 2.55. The van der Waals surface area contributed by atoms with Gasteiger partial charge in [-0.2, -0.15) is 0 Å². The lowest BCUT2D eigenvalue weighted by Crippen LogP contribution is -2.73. The van der Waals surface area contributed by atoms with Crippen molar-refractivity contribution in [1.82, 2.24) is 5.32 Å². The topological polar surface area (TPSA) is 58.6 Å². The van der Waals surface area contributed by atoms with E-state index in [0.29, 0.717) is 16.0 Å². The summed E-state index contributed by atoms with van der Waals surface area (Å²) in [7, 11) is 1.84. The van der Waals surface area contributed by atoms with Gasteiger partial charge in [-0.1, -0.05) is 61.8 Å². The number of hydrogen-bond donors (Lipinski definition) is 2. The van der Waals surface area contributed by atoms with E-state index in [1.54, 1.807) is 18.2 Å². The number of nitrogens with zero attached hydrogens (tertiary/aromatic N) is 1. The predicted molar refractivity (Wildman–Crippen MR) is 155 cm³/mol. The van der Waals surface area contributed by atoms with Crippen molar-refractivity contribution in [3.05, 3.63) is 76.3 Å². The molecule has 2 N–H and O–H groups in total. The number of ether oxygens (including phenoxy) is 1. The van der Waals surface area contributed by atoms with Crippen molar-refractivity contribution < 1.29 is 19.1 Å². The Morgan fingerprint density at radius 2 is 2.03 bits per heavy atom. The predicted octanol–water partition coefficient (Wildman–Crippen LogP) is 6.30. The van der Waals surface area contributed by atoms with Gasteiger partial charge in [-0.05, 0) is 60.7 Å². The SMILES string of the molecule is C=CC[N@@+]1(CC(C)C)CC[C@]2(c3cccc(O)c3)C[C@@H](NC(=O)Cc3ccc(Cl)c(Cl)c3)CCC2(OC)C1. The van der Waals surface area contributed by atoms with E-state index < -0.39 is 5.60 Å². The smallest absolute Gasteiger partial charge is 0.224 e. The minimum Gasteiger partial charge on any atom is -0.508 e. The Labute approximate surface area is 237 Å². The van der Waals surface area contributed by atoms with Crippen LogP contribution < -0.4 is 5.32 Å². The lowest BCUT2D eigenvalue weighted by Gasteiger charge is -2.62. The molecule has 5 nitrogen and oxygen atoms in total. The standard InChI is InChI=1S/C31H40Cl2N2O3/c1-5-14-35(20-22(2)3)15-13-30(24-7-6-8-26(36)18-24)19-25(11-12-31(30,21-35)38-4)34-29(37)17-23-9-10-27(32)28(33)16-23/h5-10,16,18,22,25H,1,11-15,17,19-21H2,2-4H3,(H-,34,36,37)/p+1/t25-,30+,31?,35-/m0/s1. The summed E-state index contributed by atoms with van der Waals surface area (Å²) in [6.07, 6.45) is 5.61. The molecule has 2 aromatic rings. The van der Waals surface area contributed by atoms with Crippen LogP contribution in [-0.4, -0.2) is 60.4 Å². The maximum atomic E-state index is 13.1. The molecular formula is C31H41Cl2N2O3+. The van der Waals surface area contributed by atoms with Gasteiger partial charge in [-0.25, -0.2) is 0 Å². The molecule has 1 heterocycles. The average Bonchev–Trinajstić information content (AvgIpc) is 2.86. The first-order valence-electron chi connectivity index (χ1n) is 13.6. The van der Waals surface area contributed by atoms with Crippen LogP contribution in [0.4, 0.5) is 0 Å². The van der Waals surface area contributed by atoms with Crippen molar-refractivity contribution in [2.75, 3.05) is 33.3 Å². The van der Waals surface area contributed by atoms with Crippen LogP contribution in [-0.2, 0) is 21.4 Å². The van der Waals surface area contributed by atoms with Gasteiger partial charge in [0.05, 0.1) is 36.1 Å². The molecule has 38 heavy (non-hydrogen) atoms. The first-order valence-corrected chi connectivity index (χ1v) is 14.4. The van der Waals surface area contributed by atoms with Gasteiger partial charge >= 0.3 is 0 Å². The van der Waals surface area contributed by atoms with Gasteiger partial charge in [0.1, 0.15) is 17.9 Å². The summed E-state index contributed by atoms with van der Waals surface area (Å²) in [6, 6.07) is 13.0. The molecule has 0 spiro atoms. The van der Waals surface area contributed by atoms with E-state index in [4.69, 9.17) is 27.9 Å². The largest absolute Gasteiger partial charge is 0.508 e. The number of likely N-dealkylation sites (tertiary alicyclic amines) is 1. The Hall–Kier alpha value is -2.05. The van der Waals surface area contributed by atoms with E-state index in [1.807, 2.05) is 31.4 Å². The molecule has 1 aliphatic carbocycles. The molecule has 7 heteroatoms. The molecule has 4 rings (SSSR count). The summed E-state index contributed by atoms with van der Waals surface area (Å²) in [5.41, 5.74) is 1.17. The molecule has 1 amide bonds. The van der Waals surface area contributed by atoms with Gasteiger partial charge in [-0.15, -0.1) is 0 Å². The van der Waals surface area contributed by atoms with Crippen molar-refractivity contribution >= 4 is 29.1 Å². The van der Waals surface area contributed by atoms with Crippen LogP contribution in [0.15, 0.2) is 55.1 Å². The fourth-order valence-electron chi connectivity index (χ4n) is 7.33. The minimum absolute atomic E-state index is 0.000370. The van der Waals surface area contributed by atoms with Crippen LogP contribution in [0.3, 0.4) is 0 Å². The second kappa shape index (κ2) is 11.6. The molecule has 2 aliphatic rings. The number of nitrogens with one attached hydrogen (secondary N) is 1. The third-order valence-corrected chi connectivity index (χ3v) is 9.48. The summed E-state index contributed by atoms with van der Waals surface area (Å²) < 4.78 is 7.51. The molecule has 1 aliphatic heterocycles. The molecule has 4 atom stereocenters. The summed E-state index contributed by atoms with van der Waals surface area (Å²) in [6.45, 7) is 12.5. The van der Waals surface area contributed by atoms with Gasteiger partial charge in [0.15, 0.2) is 0 Å². The van der Waals surface area contributed by atoms with Crippen LogP contribution >= 0.6 is 23.2 Å². The van der Waals surface area contributed by atoms with Gasteiger partial charge < -0.3 is 19.6 Å². The number of benzene rings is 2. The lowest BCUT2D eigenvalue weighted by molar-refractivity contribution is -0.938.